The zero-order valence-electron chi connectivity index (χ0n) is 14.8. The number of benzene rings is 2. The number of hydrogen-bond acceptors (Lipinski definition) is 6. The SMILES string of the molecule is O=C1CC=N/C=c2\ccccc2=Nc2ncnc3ccc(cc23)O/C=C/C=N1. The molecular formula is C21H15N5O2. The molecule has 3 aromatic rings. The second-order valence-corrected chi connectivity index (χ2v) is 5.83. The van der Waals surface area contributed by atoms with Crippen LogP contribution >= 0.6 is 0 Å². The lowest BCUT2D eigenvalue weighted by molar-refractivity contribution is -0.116. The minimum absolute atomic E-state index is 0.105. The lowest BCUT2D eigenvalue weighted by atomic mass is 10.2. The molecule has 0 fully saturated rings. The normalized spacial score (nSPS) is 16.4. The molecule has 2 bridgehead atoms. The fraction of sp³-hybridized carbons (Fsp3) is 0.0476. The second-order valence-electron chi connectivity index (χ2n) is 5.83. The Bertz CT molecular complexity index is 1250. The van der Waals surface area contributed by atoms with Crippen LogP contribution < -0.4 is 15.3 Å². The van der Waals surface area contributed by atoms with Crippen LogP contribution in [0.15, 0.2) is 76.1 Å². The van der Waals surface area contributed by atoms with Gasteiger partial charge in [0, 0.05) is 29.2 Å². The van der Waals surface area contributed by atoms with E-state index in [-0.39, 0.29) is 12.3 Å². The highest BCUT2D eigenvalue weighted by Crippen LogP contribution is 2.25. The Balaban J connectivity index is 1.93. The van der Waals surface area contributed by atoms with E-state index in [2.05, 4.69) is 20.0 Å². The van der Waals surface area contributed by atoms with E-state index in [1.807, 2.05) is 36.4 Å². The van der Waals surface area contributed by atoms with Gasteiger partial charge in [-0.25, -0.2) is 20.0 Å². The summed E-state index contributed by atoms with van der Waals surface area (Å²) in [4.78, 5) is 33.0. The van der Waals surface area contributed by atoms with Gasteiger partial charge in [0.05, 0.1) is 23.6 Å². The molecule has 1 amide bonds. The average Bonchev–Trinajstić information content (AvgIpc) is 2.72. The first-order valence-corrected chi connectivity index (χ1v) is 8.59. The molecule has 0 spiro atoms. The van der Waals surface area contributed by atoms with Gasteiger partial charge in [0.15, 0.2) is 5.82 Å². The summed E-state index contributed by atoms with van der Waals surface area (Å²) in [6.45, 7) is 0. The number of fused-ring (bicyclic) bond motifs is 2. The van der Waals surface area contributed by atoms with E-state index in [0.29, 0.717) is 16.9 Å². The van der Waals surface area contributed by atoms with Gasteiger partial charge in [-0.2, -0.15) is 0 Å². The highest BCUT2D eigenvalue weighted by atomic mass is 16.5. The number of hydrogen-bond donors (Lipinski definition) is 0. The van der Waals surface area contributed by atoms with Crippen LogP contribution in [0.1, 0.15) is 6.42 Å². The molecule has 0 radical (unpaired) electrons. The minimum atomic E-state index is -0.298. The maximum Gasteiger partial charge on any atom is 0.251 e. The Hall–Kier alpha value is -4.00. The number of aliphatic imine (C=N–C) groups is 2. The largest absolute Gasteiger partial charge is 0.465 e. The van der Waals surface area contributed by atoms with Crippen molar-refractivity contribution in [2.75, 3.05) is 0 Å². The first kappa shape index (κ1) is 17.4. The first-order chi connectivity index (χ1) is 13.8. The molecule has 2 aromatic carbocycles. The van der Waals surface area contributed by atoms with Crippen molar-refractivity contribution in [2.45, 2.75) is 6.42 Å². The molecule has 1 aliphatic rings. The predicted octanol–water partition coefficient (Wildman–Crippen LogP) is 2.28. The topological polar surface area (TPSA) is 89.2 Å². The van der Waals surface area contributed by atoms with Crippen LogP contribution in [-0.2, 0) is 4.79 Å². The summed E-state index contributed by atoms with van der Waals surface area (Å²) in [5.74, 6) is 0.834. The molecule has 0 atom stereocenters. The predicted molar refractivity (Wildman–Crippen MR) is 107 cm³/mol. The number of amides is 1. The van der Waals surface area contributed by atoms with Crippen LogP contribution in [0.4, 0.5) is 5.82 Å². The highest BCUT2D eigenvalue weighted by Gasteiger charge is 2.04. The number of carbonyl (C=O) groups excluding carboxylic acids is 1. The number of allylic oxidation sites excluding steroid dienone is 1. The molecule has 1 aliphatic heterocycles. The molecule has 28 heavy (non-hydrogen) atoms. The zero-order valence-corrected chi connectivity index (χ0v) is 14.8. The summed E-state index contributed by atoms with van der Waals surface area (Å²) in [5, 5.41) is 2.28. The van der Waals surface area contributed by atoms with Crippen LogP contribution in [0.25, 0.3) is 17.1 Å². The maximum absolute atomic E-state index is 11.7. The smallest absolute Gasteiger partial charge is 0.251 e. The van der Waals surface area contributed by atoms with E-state index in [1.54, 1.807) is 18.3 Å². The van der Waals surface area contributed by atoms with Crippen molar-refractivity contribution >= 4 is 41.3 Å². The van der Waals surface area contributed by atoms with Gasteiger partial charge in [-0.05, 0) is 30.3 Å². The molecule has 0 N–H and O–H groups in total. The molecule has 7 nitrogen and oxygen atoms in total. The van der Waals surface area contributed by atoms with Crippen molar-refractivity contribution < 1.29 is 9.53 Å². The lowest BCUT2D eigenvalue weighted by Gasteiger charge is -2.04. The fourth-order valence-corrected chi connectivity index (χ4v) is 2.59. The van der Waals surface area contributed by atoms with E-state index < -0.39 is 0 Å². The van der Waals surface area contributed by atoms with Gasteiger partial charge in [-0.1, -0.05) is 18.2 Å². The second kappa shape index (κ2) is 8.13. The van der Waals surface area contributed by atoms with Crippen LogP contribution in [0, 0.1) is 0 Å². The standard InChI is InChI=1S/C21H15N5O2/c27-20-8-10-22-13-15-4-1-2-5-18(15)26-21-17-12-16(28-11-3-9-23-20)6-7-19(17)24-14-25-21/h1-7,9-14H,8H2/b11-3+,15-13+,22-10?,23-9?,26-18?. The Morgan fingerprint density at radius 3 is 2.93 bits per heavy atom. The third-order valence-corrected chi connectivity index (χ3v) is 3.92. The summed E-state index contributed by atoms with van der Waals surface area (Å²) in [6.07, 6.45) is 9.15. The summed E-state index contributed by atoms with van der Waals surface area (Å²) >= 11 is 0. The van der Waals surface area contributed by atoms with Gasteiger partial charge in [0.2, 0.25) is 0 Å². The Morgan fingerprint density at radius 2 is 1.96 bits per heavy atom. The van der Waals surface area contributed by atoms with Crippen LogP contribution in [0.2, 0.25) is 0 Å². The van der Waals surface area contributed by atoms with Crippen LogP contribution in [-0.4, -0.2) is 28.3 Å². The van der Waals surface area contributed by atoms with Crippen molar-refractivity contribution in [2.24, 2.45) is 15.0 Å². The van der Waals surface area contributed by atoms with E-state index in [0.717, 1.165) is 16.1 Å². The summed E-state index contributed by atoms with van der Waals surface area (Å²) in [5.41, 5.74) is 0.759. The number of nitrogens with zero attached hydrogens (tertiary/aromatic N) is 5. The van der Waals surface area contributed by atoms with Crippen molar-refractivity contribution in [3.8, 4) is 5.75 Å². The average molecular weight is 369 g/mol. The number of para-hydroxylation sites is 1. The number of ether oxygens (including phenoxy) is 1. The summed E-state index contributed by atoms with van der Waals surface area (Å²) < 4.78 is 5.58. The molecule has 0 saturated carbocycles. The molecule has 136 valence electrons. The van der Waals surface area contributed by atoms with E-state index in [9.17, 15) is 4.79 Å². The molecule has 1 aromatic heterocycles. The van der Waals surface area contributed by atoms with Gasteiger partial charge >= 0.3 is 0 Å². The highest BCUT2D eigenvalue weighted by molar-refractivity contribution is 5.96. The van der Waals surface area contributed by atoms with Crippen LogP contribution in [0.3, 0.4) is 0 Å². The summed E-state index contributed by atoms with van der Waals surface area (Å²) in [6, 6.07) is 13.0. The molecule has 0 unspecified atom stereocenters. The fourth-order valence-electron chi connectivity index (χ4n) is 2.59. The van der Waals surface area contributed by atoms with Crippen molar-refractivity contribution in [3.63, 3.8) is 0 Å². The van der Waals surface area contributed by atoms with Crippen molar-refractivity contribution in [1.82, 2.24) is 9.97 Å². The third-order valence-electron chi connectivity index (χ3n) is 3.92. The van der Waals surface area contributed by atoms with Gasteiger partial charge in [-0.3, -0.25) is 9.79 Å². The first-order valence-electron chi connectivity index (χ1n) is 8.59. The Kier molecular flexibility index (Phi) is 5.06. The van der Waals surface area contributed by atoms with Crippen LogP contribution in [0.5, 0.6) is 5.75 Å². The van der Waals surface area contributed by atoms with Crippen molar-refractivity contribution in [1.29, 1.82) is 0 Å². The zero-order chi connectivity index (χ0) is 19.2. The Morgan fingerprint density at radius 1 is 1.04 bits per heavy atom. The van der Waals surface area contributed by atoms with Crippen molar-refractivity contribution in [3.05, 3.63) is 71.7 Å². The van der Waals surface area contributed by atoms with Gasteiger partial charge < -0.3 is 4.74 Å². The van der Waals surface area contributed by atoms with E-state index >= 15 is 0 Å². The molecular weight excluding hydrogens is 354 g/mol. The van der Waals surface area contributed by atoms with Gasteiger partial charge in [-0.15, -0.1) is 0 Å². The molecule has 2 heterocycles. The van der Waals surface area contributed by atoms with E-state index in [1.165, 1.54) is 25.0 Å². The minimum Gasteiger partial charge on any atom is -0.465 e. The molecule has 0 saturated heterocycles. The molecule has 7 heteroatoms. The molecule has 4 rings (SSSR count). The monoisotopic (exact) mass is 369 g/mol. The Labute approximate surface area is 160 Å². The maximum atomic E-state index is 11.7. The van der Waals surface area contributed by atoms with Gasteiger partial charge in [0.25, 0.3) is 5.91 Å². The lowest BCUT2D eigenvalue weighted by Crippen LogP contribution is -2.23. The summed E-state index contributed by atoms with van der Waals surface area (Å²) in [7, 11) is 0. The molecule has 0 aliphatic carbocycles. The third kappa shape index (κ3) is 4.04. The van der Waals surface area contributed by atoms with E-state index in [4.69, 9.17) is 9.73 Å². The quantitative estimate of drug-likeness (QED) is 0.608. The number of rotatable bonds is 0. The number of carbonyl (C=O) groups is 1. The van der Waals surface area contributed by atoms with Gasteiger partial charge in [0.1, 0.15) is 12.1 Å². The number of aromatic nitrogens is 2.